The summed E-state index contributed by atoms with van der Waals surface area (Å²) in [6, 6.07) is 0. The van der Waals surface area contributed by atoms with Crippen molar-refractivity contribution in [3.8, 4) is 0 Å². The van der Waals surface area contributed by atoms with Gasteiger partial charge in [0.25, 0.3) is 0 Å². The second-order valence-corrected chi connectivity index (χ2v) is 9.95. The predicted octanol–water partition coefficient (Wildman–Crippen LogP) is 1.71. The van der Waals surface area contributed by atoms with E-state index in [1.807, 2.05) is 0 Å². The number of hydrogen-bond donors (Lipinski definition) is 3. The van der Waals surface area contributed by atoms with Gasteiger partial charge in [-0.05, 0) is 75.7 Å². The molecular weight excluding hydrogens is 300 g/mol. The molecule has 0 aromatic rings. The highest BCUT2D eigenvalue weighted by atomic mass is 16.3. The van der Waals surface area contributed by atoms with E-state index in [4.69, 9.17) is 0 Å². The molecule has 1 spiro atoms. The minimum absolute atomic E-state index is 0.00758. The molecule has 0 radical (unpaired) electrons. The first-order valence-electron chi connectivity index (χ1n) is 10.5. The van der Waals surface area contributed by atoms with Gasteiger partial charge in [0.15, 0.2) is 0 Å². The average molecular weight is 332 g/mol. The molecule has 0 aromatic heterocycles. The Bertz CT molecular complexity index is 584. The van der Waals surface area contributed by atoms with Crippen LogP contribution < -0.4 is 5.32 Å². The topological polar surface area (TPSA) is 55.7 Å². The monoisotopic (exact) mass is 332 g/mol. The van der Waals surface area contributed by atoms with Crippen LogP contribution in [0.1, 0.15) is 57.8 Å². The molecule has 3 N–H and O–H groups in total. The van der Waals surface area contributed by atoms with Crippen LogP contribution >= 0.6 is 0 Å². The van der Waals surface area contributed by atoms with Crippen molar-refractivity contribution >= 4 is 0 Å². The lowest BCUT2D eigenvalue weighted by molar-refractivity contribution is -0.179. The third-order valence-corrected chi connectivity index (χ3v) is 9.73. The maximum Gasteiger partial charge on any atom is 0.0896 e. The molecule has 7 rings (SSSR count). The van der Waals surface area contributed by atoms with Crippen LogP contribution in [0.3, 0.4) is 0 Å². The molecule has 7 fully saturated rings. The first-order chi connectivity index (χ1) is 11.6. The van der Waals surface area contributed by atoms with Gasteiger partial charge >= 0.3 is 0 Å². The molecule has 4 saturated carbocycles. The highest BCUT2D eigenvalue weighted by Gasteiger charge is 2.85. The molecule has 3 saturated heterocycles. The molecule has 134 valence electrons. The Morgan fingerprint density at radius 3 is 2.58 bits per heavy atom. The second-order valence-electron chi connectivity index (χ2n) is 9.95. The second kappa shape index (κ2) is 4.39. The van der Waals surface area contributed by atoms with E-state index in [0.717, 1.165) is 25.8 Å². The zero-order valence-corrected chi connectivity index (χ0v) is 14.9. The lowest BCUT2D eigenvalue weighted by atomic mass is 9.54. The van der Waals surface area contributed by atoms with Gasteiger partial charge in [0.1, 0.15) is 0 Å². The van der Waals surface area contributed by atoms with E-state index >= 15 is 0 Å². The third kappa shape index (κ3) is 1.29. The van der Waals surface area contributed by atoms with Crippen molar-refractivity contribution in [2.45, 2.75) is 80.7 Å². The molecule has 4 nitrogen and oxygen atoms in total. The van der Waals surface area contributed by atoms with Gasteiger partial charge in [-0.3, -0.25) is 4.90 Å². The fourth-order valence-electron chi connectivity index (χ4n) is 9.48. The quantitative estimate of drug-likeness (QED) is 0.684. The Morgan fingerprint density at radius 2 is 1.79 bits per heavy atom. The molecule has 6 bridgehead atoms. The number of fused-ring (bicyclic) bond motifs is 1. The number of aliphatic hydroxyl groups is 2. The lowest BCUT2D eigenvalue weighted by Gasteiger charge is -2.63. The summed E-state index contributed by atoms with van der Waals surface area (Å²) in [5.41, 5.74) is -0.699. The van der Waals surface area contributed by atoms with Gasteiger partial charge in [-0.25, -0.2) is 0 Å². The van der Waals surface area contributed by atoms with E-state index < -0.39 is 5.60 Å². The molecule has 0 amide bonds. The van der Waals surface area contributed by atoms with Gasteiger partial charge in [0, 0.05) is 12.5 Å². The Hall–Kier alpha value is -0.160. The minimum Gasteiger partial charge on any atom is -0.393 e. The predicted molar refractivity (Wildman–Crippen MR) is 91.2 cm³/mol. The van der Waals surface area contributed by atoms with Crippen molar-refractivity contribution in [1.82, 2.24) is 10.2 Å². The Kier molecular flexibility index (Phi) is 2.73. The van der Waals surface area contributed by atoms with Gasteiger partial charge in [-0.15, -0.1) is 0 Å². The normalized spacial score (nSPS) is 66.4. The van der Waals surface area contributed by atoms with E-state index in [0.29, 0.717) is 29.6 Å². The minimum atomic E-state index is -0.566. The molecule has 10 unspecified atom stereocenters. The molecule has 4 aliphatic carbocycles. The highest BCUT2D eigenvalue weighted by Crippen LogP contribution is 2.76. The van der Waals surface area contributed by atoms with Crippen LogP contribution in [0.4, 0.5) is 0 Å². The van der Waals surface area contributed by atoms with Crippen LogP contribution in [0.2, 0.25) is 0 Å². The van der Waals surface area contributed by atoms with Gasteiger partial charge in [-0.2, -0.15) is 0 Å². The van der Waals surface area contributed by atoms with Gasteiger partial charge in [0.2, 0.25) is 0 Å². The Morgan fingerprint density at radius 1 is 1.00 bits per heavy atom. The first-order valence-corrected chi connectivity index (χ1v) is 10.5. The largest absolute Gasteiger partial charge is 0.393 e. The fraction of sp³-hybridized carbons (Fsp3) is 1.00. The molecule has 24 heavy (non-hydrogen) atoms. The maximum atomic E-state index is 12.1. The number of aliphatic hydroxyl groups excluding tert-OH is 1. The van der Waals surface area contributed by atoms with E-state index in [1.54, 1.807) is 0 Å². The van der Waals surface area contributed by atoms with Crippen molar-refractivity contribution in [2.75, 3.05) is 13.6 Å². The molecular formula is C20H32N2O2. The van der Waals surface area contributed by atoms with Crippen molar-refractivity contribution in [3.05, 3.63) is 0 Å². The summed E-state index contributed by atoms with van der Waals surface area (Å²) in [6.07, 6.45) is 10.3. The molecule has 3 heterocycles. The van der Waals surface area contributed by atoms with Crippen molar-refractivity contribution in [2.24, 2.45) is 29.6 Å². The fourth-order valence-corrected chi connectivity index (χ4v) is 9.48. The van der Waals surface area contributed by atoms with Gasteiger partial charge in [-0.1, -0.05) is 12.8 Å². The van der Waals surface area contributed by atoms with Crippen LogP contribution in [0.15, 0.2) is 0 Å². The number of hydrogen-bond acceptors (Lipinski definition) is 4. The van der Waals surface area contributed by atoms with E-state index in [9.17, 15) is 10.2 Å². The Labute approximate surface area is 145 Å². The number of nitrogens with zero attached hydrogens (tertiary/aromatic N) is 1. The summed E-state index contributed by atoms with van der Waals surface area (Å²) in [4.78, 5) is 2.70. The smallest absolute Gasteiger partial charge is 0.0896 e. The Balaban J connectivity index is 1.55. The number of piperidine rings is 2. The summed E-state index contributed by atoms with van der Waals surface area (Å²) in [5, 5.41) is 26.9. The molecule has 4 heteroatoms. The summed E-state index contributed by atoms with van der Waals surface area (Å²) in [6.45, 7) is 1.10. The van der Waals surface area contributed by atoms with Crippen LogP contribution in [0.25, 0.3) is 0 Å². The van der Waals surface area contributed by atoms with Crippen LogP contribution in [-0.2, 0) is 0 Å². The summed E-state index contributed by atoms with van der Waals surface area (Å²) >= 11 is 0. The van der Waals surface area contributed by atoms with Crippen LogP contribution in [-0.4, -0.2) is 51.6 Å². The maximum absolute atomic E-state index is 12.1. The van der Waals surface area contributed by atoms with Crippen molar-refractivity contribution < 1.29 is 10.2 Å². The van der Waals surface area contributed by atoms with Gasteiger partial charge in [0.05, 0.1) is 22.9 Å². The summed E-state index contributed by atoms with van der Waals surface area (Å²) in [7, 11) is 2.11. The van der Waals surface area contributed by atoms with Gasteiger partial charge < -0.3 is 15.5 Å². The SMILES string of the molecule is CNC12CC3CC4(O)C1CCCN2C41CC(O)C2CCCCC2C31. The summed E-state index contributed by atoms with van der Waals surface area (Å²) in [5.74, 6) is 2.79. The van der Waals surface area contributed by atoms with E-state index in [-0.39, 0.29) is 17.3 Å². The molecule has 7 aliphatic rings. The molecule has 0 aromatic carbocycles. The van der Waals surface area contributed by atoms with Crippen LogP contribution in [0, 0.1) is 29.6 Å². The number of nitrogens with one attached hydrogen (secondary N) is 1. The average Bonchev–Trinajstić information content (AvgIpc) is 2.77. The van der Waals surface area contributed by atoms with Crippen molar-refractivity contribution in [1.29, 1.82) is 0 Å². The highest BCUT2D eigenvalue weighted by molar-refractivity contribution is 5.37. The third-order valence-electron chi connectivity index (χ3n) is 9.73. The van der Waals surface area contributed by atoms with E-state index in [1.165, 1.54) is 38.5 Å². The molecule has 10 atom stereocenters. The first kappa shape index (κ1) is 15.0. The van der Waals surface area contributed by atoms with E-state index in [2.05, 4.69) is 17.3 Å². The lowest BCUT2D eigenvalue weighted by Crippen LogP contribution is -2.73. The zero-order valence-electron chi connectivity index (χ0n) is 14.9. The summed E-state index contributed by atoms with van der Waals surface area (Å²) < 4.78 is 0. The standard InChI is InChI=1S/C20H32N2O2/c1-21-20-10-12-9-19(24)16(20)7-4-8-22(20)18(19)11-15(23)13-5-2-3-6-14(13)17(12)18/h12-17,21,23-24H,2-11H2,1H3. The van der Waals surface area contributed by atoms with Crippen molar-refractivity contribution in [3.63, 3.8) is 0 Å². The van der Waals surface area contributed by atoms with Crippen LogP contribution in [0.5, 0.6) is 0 Å². The zero-order chi connectivity index (χ0) is 16.3. The molecule has 3 aliphatic heterocycles. The number of rotatable bonds is 1.